The van der Waals surface area contributed by atoms with Gasteiger partial charge in [0.05, 0.1) is 17.6 Å². The average molecular weight is 378 g/mol. The van der Waals surface area contributed by atoms with E-state index in [0.717, 1.165) is 29.1 Å². The first-order chi connectivity index (χ1) is 12.2. The van der Waals surface area contributed by atoms with Crippen molar-refractivity contribution in [3.63, 3.8) is 0 Å². The van der Waals surface area contributed by atoms with E-state index in [1.807, 2.05) is 6.92 Å². The standard InChI is InChI=1S/C18H26N4O3S/c1-5-6-12-21-17(13-14(2)20-21)19-18(23)15(3)22(26(4,24)25)16-10-8-7-9-11-16/h7-11,13,15H,5-6,12H2,1-4H3,(H,19,23). The van der Waals surface area contributed by atoms with Crippen molar-refractivity contribution in [1.29, 1.82) is 0 Å². The summed E-state index contributed by atoms with van der Waals surface area (Å²) in [5, 5.41) is 7.20. The Morgan fingerprint density at radius 3 is 2.54 bits per heavy atom. The molecule has 8 heteroatoms. The number of carbonyl (C=O) groups excluding carboxylic acids is 1. The SMILES string of the molecule is CCCCn1nc(C)cc1NC(=O)C(C)N(c1ccccc1)S(C)(=O)=O. The Hall–Kier alpha value is -2.35. The fourth-order valence-electron chi connectivity index (χ4n) is 2.74. The van der Waals surface area contributed by atoms with Gasteiger partial charge in [0.1, 0.15) is 11.9 Å². The molecule has 1 aromatic carbocycles. The van der Waals surface area contributed by atoms with Crippen molar-refractivity contribution >= 4 is 27.4 Å². The van der Waals surface area contributed by atoms with Gasteiger partial charge in [-0.2, -0.15) is 5.10 Å². The van der Waals surface area contributed by atoms with Gasteiger partial charge in [-0.1, -0.05) is 31.5 Å². The first kappa shape index (κ1) is 20.0. The minimum atomic E-state index is -3.62. The van der Waals surface area contributed by atoms with E-state index in [4.69, 9.17) is 0 Å². The molecule has 2 rings (SSSR count). The van der Waals surface area contributed by atoms with Crippen LogP contribution in [0.25, 0.3) is 0 Å². The highest BCUT2D eigenvalue weighted by Gasteiger charge is 2.29. The third kappa shape index (κ3) is 4.85. The van der Waals surface area contributed by atoms with Crippen molar-refractivity contribution in [2.45, 2.75) is 46.2 Å². The molecule has 7 nitrogen and oxygen atoms in total. The number of para-hydroxylation sites is 1. The second-order valence-electron chi connectivity index (χ2n) is 6.31. The van der Waals surface area contributed by atoms with E-state index in [0.29, 0.717) is 18.1 Å². The summed E-state index contributed by atoms with van der Waals surface area (Å²) < 4.78 is 27.4. The molecule has 0 bridgehead atoms. The van der Waals surface area contributed by atoms with Gasteiger partial charge in [0.15, 0.2) is 0 Å². The van der Waals surface area contributed by atoms with Crippen molar-refractivity contribution in [3.8, 4) is 0 Å². The molecule has 1 heterocycles. The van der Waals surface area contributed by atoms with Crippen LogP contribution in [0.1, 0.15) is 32.4 Å². The van der Waals surface area contributed by atoms with Crippen LogP contribution in [0.15, 0.2) is 36.4 Å². The first-order valence-electron chi connectivity index (χ1n) is 8.63. The molecule has 0 aliphatic heterocycles. The highest BCUT2D eigenvalue weighted by Crippen LogP contribution is 2.21. The molecular formula is C18H26N4O3S. The van der Waals surface area contributed by atoms with Gasteiger partial charge in [0.2, 0.25) is 15.9 Å². The monoisotopic (exact) mass is 378 g/mol. The van der Waals surface area contributed by atoms with Crippen LogP contribution in [0.4, 0.5) is 11.5 Å². The number of hydrogen-bond donors (Lipinski definition) is 1. The van der Waals surface area contributed by atoms with Crippen LogP contribution in [0, 0.1) is 6.92 Å². The second kappa shape index (κ2) is 8.35. The Morgan fingerprint density at radius 1 is 1.31 bits per heavy atom. The normalized spacial score (nSPS) is 12.6. The minimum absolute atomic E-state index is 0.406. The molecule has 1 atom stereocenters. The van der Waals surface area contributed by atoms with Gasteiger partial charge in [-0.15, -0.1) is 0 Å². The maximum atomic E-state index is 12.8. The molecule has 142 valence electrons. The van der Waals surface area contributed by atoms with E-state index < -0.39 is 22.0 Å². The first-order valence-corrected chi connectivity index (χ1v) is 10.5. The van der Waals surface area contributed by atoms with Crippen LogP contribution in [-0.4, -0.2) is 36.4 Å². The largest absolute Gasteiger partial charge is 0.309 e. The van der Waals surface area contributed by atoms with E-state index in [9.17, 15) is 13.2 Å². The quantitative estimate of drug-likeness (QED) is 0.765. The summed E-state index contributed by atoms with van der Waals surface area (Å²) in [6.07, 6.45) is 3.05. The second-order valence-corrected chi connectivity index (χ2v) is 8.17. The van der Waals surface area contributed by atoms with Gasteiger partial charge in [0, 0.05) is 12.6 Å². The molecule has 1 unspecified atom stereocenters. The molecule has 1 N–H and O–H groups in total. The van der Waals surface area contributed by atoms with Crippen molar-refractivity contribution in [2.75, 3.05) is 15.9 Å². The summed E-state index contributed by atoms with van der Waals surface area (Å²) in [6.45, 7) is 6.21. The van der Waals surface area contributed by atoms with Gasteiger partial charge >= 0.3 is 0 Å². The summed E-state index contributed by atoms with van der Waals surface area (Å²) in [4.78, 5) is 12.8. The number of carbonyl (C=O) groups is 1. The smallest absolute Gasteiger partial charge is 0.249 e. The van der Waals surface area contributed by atoms with Crippen molar-refractivity contribution in [3.05, 3.63) is 42.1 Å². The Labute approximate surface area is 155 Å². The summed E-state index contributed by atoms with van der Waals surface area (Å²) in [7, 11) is -3.62. The maximum absolute atomic E-state index is 12.8. The number of nitrogens with zero attached hydrogens (tertiary/aromatic N) is 3. The van der Waals surface area contributed by atoms with Crippen molar-refractivity contribution in [1.82, 2.24) is 9.78 Å². The Bertz CT molecular complexity index is 847. The molecule has 1 amide bonds. The van der Waals surface area contributed by atoms with E-state index in [-0.39, 0.29) is 0 Å². The van der Waals surface area contributed by atoms with Crippen LogP contribution >= 0.6 is 0 Å². The molecular weight excluding hydrogens is 352 g/mol. The zero-order valence-corrected chi connectivity index (χ0v) is 16.5. The number of amides is 1. The molecule has 0 spiro atoms. The highest BCUT2D eigenvalue weighted by atomic mass is 32.2. The number of aromatic nitrogens is 2. The Morgan fingerprint density at radius 2 is 1.96 bits per heavy atom. The third-order valence-electron chi connectivity index (χ3n) is 3.98. The van der Waals surface area contributed by atoms with E-state index in [2.05, 4.69) is 17.3 Å². The number of rotatable bonds is 8. The lowest BCUT2D eigenvalue weighted by atomic mass is 10.2. The van der Waals surface area contributed by atoms with Crippen LogP contribution in [0.5, 0.6) is 0 Å². The van der Waals surface area contributed by atoms with Gasteiger partial charge < -0.3 is 5.32 Å². The molecule has 26 heavy (non-hydrogen) atoms. The summed E-state index contributed by atoms with van der Waals surface area (Å²) in [5.41, 5.74) is 1.25. The van der Waals surface area contributed by atoms with Gasteiger partial charge in [0.25, 0.3) is 0 Å². The van der Waals surface area contributed by atoms with E-state index >= 15 is 0 Å². The number of aryl methyl sites for hydroxylation is 2. The zero-order chi connectivity index (χ0) is 19.3. The molecule has 0 aliphatic carbocycles. The van der Waals surface area contributed by atoms with Gasteiger partial charge in [-0.05, 0) is 32.4 Å². The topological polar surface area (TPSA) is 84.3 Å². The van der Waals surface area contributed by atoms with Crippen LogP contribution in [-0.2, 0) is 21.4 Å². The lowest BCUT2D eigenvalue weighted by Gasteiger charge is -2.28. The Balaban J connectivity index is 2.25. The number of anilines is 2. The highest BCUT2D eigenvalue weighted by molar-refractivity contribution is 7.92. The lowest BCUT2D eigenvalue weighted by Crippen LogP contribution is -2.45. The third-order valence-corrected chi connectivity index (χ3v) is 5.22. The predicted molar refractivity (Wildman–Crippen MR) is 104 cm³/mol. The van der Waals surface area contributed by atoms with Crippen molar-refractivity contribution in [2.24, 2.45) is 0 Å². The summed E-state index contributed by atoms with van der Waals surface area (Å²) in [6, 6.07) is 9.49. The van der Waals surface area contributed by atoms with E-state index in [1.165, 1.54) is 0 Å². The van der Waals surface area contributed by atoms with E-state index in [1.54, 1.807) is 48.0 Å². The summed E-state index contributed by atoms with van der Waals surface area (Å²) >= 11 is 0. The lowest BCUT2D eigenvalue weighted by molar-refractivity contribution is -0.116. The van der Waals surface area contributed by atoms with Crippen molar-refractivity contribution < 1.29 is 13.2 Å². The van der Waals surface area contributed by atoms with Gasteiger partial charge in [-0.25, -0.2) is 13.1 Å². The Kier molecular flexibility index (Phi) is 6.42. The molecule has 1 aromatic heterocycles. The van der Waals surface area contributed by atoms with Gasteiger partial charge in [-0.3, -0.25) is 9.10 Å². The summed E-state index contributed by atoms with van der Waals surface area (Å²) in [5.74, 6) is 0.172. The number of benzene rings is 1. The minimum Gasteiger partial charge on any atom is -0.309 e. The fraction of sp³-hybridized carbons (Fsp3) is 0.444. The molecule has 0 aliphatic rings. The molecule has 0 saturated carbocycles. The number of unbranched alkanes of at least 4 members (excludes halogenated alkanes) is 1. The fourth-order valence-corrected chi connectivity index (χ4v) is 3.91. The predicted octanol–water partition coefficient (Wildman–Crippen LogP) is 2.78. The molecule has 2 aromatic rings. The number of sulfonamides is 1. The molecule has 0 saturated heterocycles. The number of hydrogen-bond acceptors (Lipinski definition) is 4. The molecule has 0 radical (unpaired) electrons. The number of nitrogens with one attached hydrogen (secondary N) is 1. The van der Waals surface area contributed by atoms with Crippen LogP contribution in [0.3, 0.4) is 0 Å². The average Bonchev–Trinajstić information content (AvgIpc) is 2.92. The molecule has 0 fully saturated rings. The zero-order valence-electron chi connectivity index (χ0n) is 15.6. The van der Waals surface area contributed by atoms with Crippen LogP contribution in [0.2, 0.25) is 0 Å². The maximum Gasteiger partial charge on any atom is 0.249 e. The van der Waals surface area contributed by atoms with Crippen LogP contribution < -0.4 is 9.62 Å².